The number of benzene rings is 1. The Labute approximate surface area is 95.5 Å². The van der Waals surface area contributed by atoms with Crippen molar-refractivity contribution in [3.63, 3.8) is 0 Å². The standard InChI is InChI=1S/C12H17NO3/c1-14-7-3-2-6-13-10-4-5-11-12(8-10)16-9-15-11/h4-5,8,13H,2-3,6-7,9H2,1H3. The van der Waals surface area contributed by atoms with Crippen molar-refractivity contribution >= 4 is 5.69 Å². The first-order chi connectivity index (χ1) is 7.90. The van der Waals surface area contributed by atoms with Crippen LogP contribution < -0.4 is 14.8 Å². The number of methoxy groups -OCH3 is 1. The summed E-state index contributed by atoms with van der Waals surface area (Å²) >= 11 is 0. The van der Waals surface area contributed by atoms with Crippen molar-refractivity contribution in [1.29, 1.82) is 0 Å². The monoisotopic (exact) mass is 223 g/mol. The van der Waals surface area contributed by atoms with Crippen molar-refractivity contribution in [1.82, 2.24) is 0 Å². The van der Waals surface area contributed by atoms with Crippen molar-refractivity contribution < 1.29 is 14.2 Å². The first-order valence-electron chi connectivity index (χ1n) is 5.52. The number of nitrogens with one attached hydrogen (secondary N) is 1. The molecule has 2 rings (SSSR count). The fourth-order valence-electron chi connectivity index (χ4n) is 1.61. The van der Waals surface area contributed by atoms with Crippen LogP contribution >= 0.6 is 0 Å². The van der Waals surface area contributed by atoms with Crippen LogP contribution in [0.3, 0.4) is 0 Å². The minimum absolute atomic E-state index is 0.326. The first kappa shape index (κ1) is 11.1. The van der Waals surface area contributed by atoms with Crippen LogP contribution in [-0.2, 0) is 4.74 Å². The number of hydrogen-bond acceptors (Lipinski definition) is 4. The van der Waals surface area contributed by atoms with Gasteiger partial charge in [-0.15, -0.1) is 0 Å². The van der Waals surface area contributed by atoms with E-state index in [-0.39, 0.29) is 0 Å². The van der Waals surface area contributed by atoms with E-state index in [1.54, 1.807) is 7.11 Å². The second kappa shape index (κ2) is 5.61. The molecule has 0 aliphatic carbocycles. The predicted molar refractivity (Wildman–Crippen MR) is 62.2 cm³/mol. The maximum Gasteiger partial charge on any atom is 0.231 e. The van der Waals surface area contributed by atoms with Crippen LogP contribution in [0.15, 0.2) is 18.2 Å². The molecule has 0 fully saturated rings. The Morgan fingerprint density at radius 3 is 3.00 bits per heavy atom. The van der Waals surface area contributed by atoms with Crippen molar-refractivity contribution in [3.05, 3.63) is 18.2 Å². The quantitative estimate of drug-likeness (QED) is 0.751. The average molecular weight is 223 g/mol. The molecule has 0 atom stereocenters. The van der Waals surface area contributed by atoms with Crippen molar-refractivity contribution in [2.75, 3.05) is 32.4 Å². The van der Waals surface area contributed by atoms with Gasteiger partial charge in [0.1, 0.15) is 0 Å². The van der Waals surface area contributed by atoms with Crippen molar-refractivity contribution in [2.24, 2.45) is 0 Å². The Morgan fingerprint density at radius 1 is 1.25 bits per heavy atom. The lowest BCUT2D eigenvalue weighted by atomic mass is 10.2. The van der Waals surface area contributed by atoms with E-state index in [0.717, 1.165) is 43.2 Å². The van der Waals surface area contributed by atoms with Gasteiger partial charge >= 0.3 is 0 Å². The summed E-state index contributed by atoms with van der Waals surface area (Å²) in [6, 6.07) is 5.91. The van der Waals surface area contributed by atoms with Gasteiger partial charge in [0.25, 0.3) is 0 Å². The van der Waals surface area contributed by atoms with Gasteiger partial charge in [0.2, 0.25) is 6.79 Å². The Kier molecular flexibility index (Phi) is 3.88. The normalized spacial score (nSPS) is 12.8. The molecule has 0 radical (unpaired) electrons. The third kappa shape index (κ3) is 2.79. The smallest absolute Gasteiger partial charge is 0.231 e. The Hall–Kier alpha value is -1.42. The maximum absolute atomic E-state index is 5.30. The summed E-state index contributed by atoms with van der Waals surface area (Å²) in [5.74, 6) is 1.65. The molecule has 4 nitrogen and oxygen atoms in total. The van der Waals surface area contributed by atoms with Gasteiger partial charge < -0.3 is 19.5 Å². The summed E-state index contributed by atoms with van der Waals surface area (Å²) in [5, 5.41) is 3.34. The molecule has 16 heavy (non-hydrogen) atoms. The lowest BCUT2D eigenvalue weighted by Crippen LogP contribution is -2.02. The molecule has 0 spiro atoms. The largest absolute Gasteiger partial charge is 0.454 e. The number of anilines is 1. The highest BCUT2D eigenvalue weighted by atomic mass is 16.7. The molecule has 1 N–H and O–H groups in total. The van der Waals surface area contributed by atoms with Gasteiger partial charge in [-0.1, -0.05) is 0 Å². The van der Waals surface area contributed by atoms with Crippen LogP contribution in [0, 0.1) is 0 Å². The molecule has 1 aliphatic rings. The fraction of sp³-hybridized carbons (Fsp3) is 0.500. The van der Waals surface area contributed by atoms with E-state index in [4.69, 9.17) is 14.2 Å². The zero-order valence-electron chi connectivity index (χ0n) is 9.49. The summed E-state index contributed by atoms with van der Waals surface area (Å²) < 4.78 is 15.5. The van der Waals surface area contributed by atoms with E-state index in [2.05, 4.69) is 5.32 Å². The summed E-state index contributed by atoms with van der Waals surface area (Å²) in [7, 11) is 1.73. The van der Waals surface area contributed by atoms with E-state index >= 15 is 0 Å². The van der Waals surface area contributed by atoms with E-state index in [1.165, 1.54) is 0 Å². The molecule has 88 valence electrons. The van der Waals surface area contributed by atoms with Crippen molar-refractivity contribution in [3.8, 4) is 11.5 Å². The third-order valence-corrected chi connectivity index (χ3v) is 2.48. The molecule has 0 bridgehead atoms. The molecule has 1 heterocycles. The lowest BCUT2D eigenvalue weighted by molar-refractivity contribution is 0.174. The minimum atomic E-state index is 0.326. The summed E-state index contributed by atoms with van der Waals surface area (Å²) in [6.45, 7) is 2.10. The van der Waals surface area contributed by atoms with Crippen molar-refractivity contribution in [2.45, 2.75) is 12.8 Å². The molecular weight excluding hydrogens is 206 g/mol. The molecule has 0 amide bonds. The van der Waals surface area contributed by atoms with Crippen LogP contribution in [0.1, 0.15) is 12.8 Å². The van der Waals surface area contributed by atoms with Crippen LogP contribution in [-0.4, -0.2) is 27.1 Å². The summed E-state index contributed by atoms with van der Waals surface area (Å²) in [4.78, 5) is 0. The van der Waals surface area contributed by atoms with E-state index in [0.29, 0.717) is 6.79 Å². The zero-order chi connectivity index (χ0) is 11.2. The SMILES string of the molecule is COCCCCNc1ccc2c(c1)OCO2. The fourth-order valence-corrected chi connectivity index (χ4v) is 1.61. The lowest BCUT2D eigenvalue weighted by Gasteiger charge is -2.06. The van der Waals surface area contributed by atoms with Crippen LogP contribution in [0.5, 0.6) is 11.5 Å². The van der Waals surface area contributed by atoms with Crippen LogP contribution in [0.25, 0.3) is 0 Å². The molecule has 1 aliphatic heterocycles. The topological polar surface area (TPSA) is 39.7 Å². The Balaban J connectivity index is 1.77. The molecule has 4 heteroatoms. The van der Waals surface area contributed by atoms with E-state index < -0.39 is 0 Å². The van der Waals surface area contributed by atoms with Gasteiger partial charge in [-0.25, -0.2) is 0 Å². The van der Waals surface area contributed by atoms with Gasteiger partial charge in [-0.05, 0) is 25.0 Å². The highest BCUT2D eigenvalue weighted by Gasteiger charge is 2.12. The van der Waals surface area contributed by atoms with Crippen LogP contribution in [0.4, 0.5) is 5.69 Å². The summed E-state index contributed by atoms with van der Waals surface area (Å²) in [6.07, 6.45) is 2.18. The molecule has 0 saturated heterocycles. The predicted octanol–water partition coefficient (Wildman–Crippen LogP) is 2.25. The molecule has 0 unspecified atom stereocenters. The van der Waals surface area contributed by atoms with Gasteiger partial charge in [-0.3, -0.25) is 0 Å². The molecule has 0 saturated carbocycles. The van der Waals surface area contributed by atoms with Gasteiger partial charge in [0, 0.05) is 32.0 Å². The first-order valence-corrected chi connectivity index (χ1v) is 5.52. The molecule has 1 aromatic carbocycles. The molecule has 0 aromatic heterocycles. The Bertz CT molecular complexity index is 341. The second-order valence-electron chi connectivity index (χ2n) is 3.69. The second-order valence-corrected chi connectivity index (χ2v) is 3.69. The van der Waals surface area contributed by atoms with E-state index in [1.807, 2.05) is 18.2 Å². The highest BCUT2D eigenvalue weighted by Crippen LogP contribution is 2.34. The Morgan fingerprint density at radius 2 is 2.12 bits per heavy atom. The highest BCUT2D eigenvalue weighted by molar-refractivity contribution is 5.55. The van der Waals surface area contributed by atoms with Gasteiger partial charge in [0.05, 0.1) is 0 Å². The third-order valence-electron chi connectivity index (χ3n) is 2.48. The van der Waals surface area contributed by atoms with Crippen LogP contribution in [0.2, 0.25) is 0 Å². The number of fused-ring (bicyclic) bond motifs is 1. The molecule has 1 aromatic rings. The van der Waals surface area contributed by atoms with Gasteiger partial charge in [0.15, 0.2) is 11.5 Å². The number of unbranched alkanes of at least 4 members (excludes halogenated alkanes) is 1. The number of ether oxygens (including phenoxy) is 3. The average Bonchev–Trinajstić information content (AvgIpc) is 2.76. The van der Waals surface area contributed by atoms with E-state index in [9.17, 15) is 0 Å². The number of rotatable bonds is 6. The van der Waals surface area contributed by atoms with Gasteiger partial charge in [-0.2, -0.15) is 0 Å². The minimum Gasteiger partial charge on any atom is -0.454 e. The molecular formula is C12H17NO3. The number of hydrogen-bond donors (Lipinski definition) is 1. The summed E-state index contributed by atoms with van der Waals surface area (Å²) in [5.41, 5.74) is 1.07. The zero-order valence-corrected chi connectivity index (χ0v) is 9.49. The maximum atomic E-state index is 5.30.